The highest BCUT2D eigenvalue weighted by molar-refractivity contribution is 6.04. The van der Waals surface area contributed by atoms with E-state index in [1.807, 2.05) is 7.05 Å². The van der Waals surface area contributed by atoms with Gasteiger partial charge in [-0.05, 0) is 24.6 Å². The first-order chi connectivity index (χ1) is 31.9. The van der Waals surface area contributed by atoms with Gasteiger partial charge in [0.2, 0.25) is 29.4 Å². The van der Waals surface area contributed by atoms with Crippen molar-refractivity contribution in [1.29, 1.82) is 0 Å². The van der Waals surface area contributed by atoms with Crippen molar-refractivity contribution in [2.75, 3.05) is 46.2 Å². The minimum Gasteiger partial charge on any atom is -0.355 e. The summed E-state index contributed by atoms with van der Waals surface area (Å²) in [5.74, 6) is -3.10. The number of nitrogens with one attached hydrogen (secondary N) is 8. The molecule has 0 saturated heterocycles. The predicted molar refractivity (Wildman–Crippen MR) is 243 cm³/mol. The molecule has 8 N–H and O–H groups in total. The Balaban J connectivity index is 0.881. The molecule has 0 aliphatic carbocycles. The number of anilines is 5. The number of carbonyl (C=O) groups excluding carboxylic acids is 8. The average molecular weight is 922 g/mol. The Labute approximate surface area is 382 Å². The molecule has 67 heavy (non-hydrogen) atoms. The third-order valence-corrected chi connectivity index (χ3v) is 9.97. The molecule has 0 aliphatic heterocycles. The fourth-order valence-electron chi connectivity index (χ4n) is 6.65. The van der Waals surface area contributed by atoms with Crippen LogP contribution in [0, 0.1) is 0 Å². The van der Waals surface area contributed by atoms with E-state index in [9.17, 15) is 38.4 Å². The molecule has 0 saturated carbocycles. The summed E-state index contributed by atoms with van der Waals surface area (Å²) in [6.07, 6.45) is 13.0. The van der Waals surface area contributed by atoms with E-state index in [-0.39, 0.29) is 97.6 Å². The summed E-state index contributed by atoms with van der Waals surface area (Å²) < 4.78 is 9.29. The standard InChI is InChI=1S/C42H51N17O8/c1-54-16-11-25(20-54)47-33(61)9-14-46-40(65)36-52-30(23-58(36)5)50-32(60)8-7-12-44-38(63)28-19-27(22-56(28)3)49-42(67)37-53-31(24-59(37)6)51-34(62)10-13-45-39(64)29-18-26(21-57(29)4)48-41(66)35-43-15-17-55(35)2/h11,15-24H,7-10,12-14H2,1-6H3,(H,44,63)(H,45,64)(H,46,65)(H,47,61)(H,48,66)(H,49,67)(H,50,60)(H,51,62). The number of rotatable bonds is 20. The van der Waals surface area contributed by atoms with Gasteiger partial charge in [-0.2, -0.15) is 0 Å². The van der Waals surface area contributed by atoms with Crippen molar-refractivity contribution in [3.05, 3.63) is 96.6 Å². The molecule has 0 atom stereocenters. The van der Waals surface area contributed by atoms with Crippen LogP contribution in [0.2, 0.25) is 0 Å². The number of nitrogens with zero attached hydrogens (tertiary/aromatic N) is 9. The van der Waals surface area contributed by atoms with E-state index in [1.165, 1.54) is 49.0 Å². The van der Waals surface area contributed by atoms with Crippen LogP contribution in [0.25, 0.3) is 0 Å². The highest BCUT2D eigenvalue weighted by Gasteiger charge is 2.21. The maximum atomic E-state index is 13.2. The van der Waals surface area contributed by atoms with E-state index < -0.39 is 35.4 Å². The van der Waals surface area contributed by atoms with Crippen molar-refractivity contribution < 1.29 is 38.4 Å². The maximum Gasteiger partial charge on any atom is 0.291 e. The third kappa shape index (κ3) is 12.7. The molecular weight excluding hydrogens is 871 g/mol. The number of amides is 8. The Morgan fingerprint density at radius 3 is 1.48 bits per heavy atom. The van der Waals surface area contributed by atoms with Crippen LogP contribution in [0.5, 0.6) is 0 Å². The fraction of sp³-hybridized carbons (Fsp3) is 0.310. The van der Waals surface area contributed by atoms with Crippen molar-refractivity contribution in [3.63, 3.8) is 0 Å². The fourth-order valence-corrected chi connectivity index (χ4v) is 6.65. The van der Waals surface area contributed by atoms with Crippen molar-refractivity contribution in [2.45, 2.75) is 25.7 Å². The van der Waals surface area contributed by atoms with Gasteiger partial charge in [-0.15, -0.1) is 0 Å². The first-order valence-corrected chi connectivity index (χ1v) is 20.8. The SMILES string of the molecule is Cn1ccc(NC(=O)CCNC(=O)c2nc(NC(=O)CCCNC(=O)c3cc(NC(=O)c4nc(NC(=O)CCNC(=O)c5cc(NC(=O)c6nccn6C)cn5C)cn4C)cn3C)cn2C)c1. The molecule has 6 heterocycles. The van der Waals surface area contributed by atoms with Gasteiger partial charge in [0.15, 0.2) is 17.5 Å². The van der Waals surface area contributed by atoms with E-state index in [1.54, 1.807) is 81.4 Å². The van der Waals surface area contributed by atoms with Gasteiger partial charge in [0.05, 0.1) is 17.1 Å². The summed E-state index contributed by atoms with van der Waals surface area (Å²) in [5, 5.41) is 21.5. The first-order valence-electron chi connectivity index (χ1n) is 20.8. The summed E-state index contributed by atoms with van der Waals surface area (Å²) in [5.41, 5.74) is 1.83. The van der Waals surface area contributed by atoms with Gasteiger partial charge in [0.1, 0.15) is 11.4 Å². The molecule has 0 spiro atoms. The lowest BCUT2D eigenvalue weighted by Gasteiger charge is -2.06. The molecule has 352 valence electrons. The predicted octanol–water partition coefficient (Wildman–Crippen LogP) is 1.07. The summed E-state index contributed by atoms with van der Waals surface area (Å²) >= 11 is 0. The highest BCUT2D eigenvalue weighted by atomic mass is 16.2. The normalized spacial score (nSPS) is 10.8. The molecule has 0 aliphatic rings. The second-order valence-corrected chi connectivity index (χ2v) is 15.4. The summed E-state index contributed by atoms with van der Waals surface area (Å²) in [6, 6.07) is 4.73. The second-order valence-electron chi connectivity index (χ2n) is 15.4. The molecule has 25 heteroatoms. The molecule has 6 rings (SSSR count). The van der Waals surface area contributed by atoms with Gasteiger partial charge >= 0.3 is 0 Å². The van der Waals surface area contributed by atoms with Gasteiger partial charge in [-0.3, -0.25) is 38.4 Å². The van der Waals surface area contributed by atoms with Crippen molar-refractivity contribution >= 4 is 76.0 Å². The average Bonchev–Trinajstić information content (AvgIpc) is 4.14. The number of carbonyl (C=O) groups is 8. The zero-order valence-electron chi connectivity index (χ0n) is 37.6. The highest BCUT2D eigenvalue weighted by Crippen LogP contribution is 2.17. The van der Waals surface area contributed by atoms with Gasteiger partial charge in [0, 0.05) is 131 Å². The van der Waals surface area contributed by atoms with E-state index >= 15 is 0 Å². The zero-order valence-corrected chi connectivity index (χ0v) is 37.6. The van der Waals surface area contributed by atoms with Crippen LogP contribution in [0.4, 0.5) is 28.7 Å². The van der Waals surface area contributed by atoms with Gasteiger partial charge < -0.3 is 69.9 Å². The largest absolute Gasteiger partial charge is 0.355 e. The number of aryl methyl sites for hydroxylation is 6. The van der Waals surface area contributed by atoms with E-state index in [0.717, 1.165) is 0 Å². The van der Waals surface area contributed by atoms with Crippen LogP contribution >= 0.6 is 0 Å². The molecule has 25 nitrogen and oxygen atoms in total. The van der Waals surface area contributed by atoms with Crippen LogP contribution in [0.15, 0.2) is 67.8 Å². The number of hydrogen-bond acceptors (Lipinski definition) is 11. The van der Waals surface area contributed by atoms with E-state index in [4.69, 9.17) is 0 Å². The Hall–Kier alpha value is -8.77. The van der Waals surface area contributed by atoms with Gasteiger partial charge in [-0.1, -0.05) is 0 Å². The van der Waals surface area contributed by atoms with Crippen LogP contribution < -0.4 is 42.5 Å². The van der Waals surface area contributed by atoms with E-state index in [0.29, 0.717) is 17.1 Å². The van der Waals surface area contributed by atoms with Crippen LogP contribution in [0.3, 0.4) is 0 Å². The maximum absolute atomic E-state index is 13.2. The van der Waals surface area contributed by atoms with Crippen LogP contribution in [-0.2, 0) is 56.7 Å². The summed E-state index contributed by atoms with van der Waals surface area (Å²) in [7, 11) is 9.96. The smallest absolute Gasteiger partial charge is 0.291 e. The van der Waals surface area contributed by atoms with Crippen molar-refractivity contribution in [1.82, 2.24) is 58.3 Å². The van der Waals surface area contributed by atoms with Crippen LogP contribution in [0.1, 0.15) is 78.5 Å². The summed E-state index contributed by atoms with van der Waals surface area (Å²) in [4.78, 5) is 114. The van der Waals surface area contributed by atoms with Crippen molar-refractivity contribution in [2.24, 2.45) is 42.3 Å². The lowest BCUT2D eigenvalue weighted by atomic mass is 10.3. The Bertz CT molecular complexity index is 2840. The second kappa shape index (κ2) is 21.3. The monoisotopic (exact) mass is 921 g/mol. The molecule has 6 aromatic heterocycles. The minimum atomic E-state index is -0.610. The number of imidazole rings is 3. The molecule has 0 unspecified atom stereocenters. The Morgan fingerprint density at radius 2 is 0.955 bits per heavy atom. The number of hydrogen-bond donors (Lipinski definition) is 8. The molecule has 0 fully saturated rings. The molecular formula is C42H51N17O8. The quantitative estimate of drug-likeness (QED) is 0.0501. The molecule has 0 radical (unpaired) electrons. The van der Waals surface area contributed by atoms with Crippen molar-refractivity contribution in [3.8, 4) is 0 Å². The topological polar surface area (TPSA) is 301 Å². The molecule has 0 bridgehead atoms. The van der Waals surface area contributed by atoms with Gasteiger partial charge in [0.25, 0.3) is 29.5 Å². The van der Waals surface area contributed by atoms with Crippen LogP contribution in [-0.4, -0.2) is 109 Å². The summed E-state index contributed by atoms with van der Waals surface area (Å²) in [6.45, 7) is 0.225. The Morgan fingerprint density at radius 1 is 0.463 bits per heavy atom. The molecule has 8 amide bonds. The lowest BCUT2D eigenvalue weighted by Crippen LogP contribution is -2.29. The number of aromatic nitrogens is 9. The lowest BCUT2D eigenvalue weighted by molar-refractivity contribution is -0.117. The molecule has 0 aromatic carbocycles. The molecule has 6 aromatic rings. The first kappa shape index (κ1) is 47.7. The van der Waals surface area contributed by atoms with Gasteiger partial charge in [-0.25, -0.2) is 15.0 Å². The Kier molecular flexibility index (Phi) is 15.1. The minimum absolute atomic E-state index is 0.0121. The third-order valence-electron chi connectivity index (χ3n) is 9.97. The zero-order chi connectivity index (χ0) is 48.4. The van der Waals surface area contributed by atoms with E-state index in [2.05, 4.69) is 57.5 Å².